The normalized spacial score (nSPS) is 8.31. The summed E-state index contributed by atoms with van der Waals surface area (Å²) < 4.78 is 1.68. The Labute approximate surface area is 83.0 Å². The highest BCUT2D eigenvalue weighted by molar-refractivity contribution is 5.93. The fraction of sp³-hybridized carbons (Fsp3) is 0.222. The van der Waals surface area contributed by atoms with Gasteiger partial charge in [0.1, 0.15) is 6.07 Å². The maximum absolute atomic E-state index is 10.9. The molecule has 0 fully saturated rings. The zero-order chi connectivity index (χ0) is 8.97. The second kappa shape index (κ2) is 5.28. The zero-order valence-corrected chi connectivity index (χ0v) is 7.95. The van der Waals surface area contributed by atoms with E-state index in [0.717, 1.165) is 0 Å². The van der Waals surface area contributed by atoms with Crippen LogP contribution in [0, 0.1) is 11.3 Å². The highest BCUT2D eigenvalue weighted by Gasteiger charge is 2.04. The molecule has 0 aromatic carbocycles. The number of nitrogens with zero attached hydrogens (tertiary/aromatic N) is 2. The maximum Gasteiger partial charge on any atom is 0.233 e. The van der Waals surface area contributed by atoms with Crippen LogP contribution in [0.5, 0.6) is 0 Å². The van der Waals surface area contributed by atoms with Crippen molar-refractivity contribution in [2.75, 3.05) is 0 Å². The van der Waals surface area contributed by atoms with Crippen molar-refractivity contribution >= 4 is 5.78 Å². The van der Waals surface area contributed by atoms with Crippen molar-refractivity contribution in [1.29, 1.82) is 5.26 Å². The molecule has 0 amide bonds. The quantitative estimate of drug-likeness (QED) is 0.395. The van der Waals surface area contributed by atoms with Crippen molar-refractivity contribution in [2.24, 2.45) is 0 Å². The largest absolute Gasteiger partial charge is 1.00 e. The Morgan fingerprint density at radius 1 is 1.69 bits per heavy atom. The molecule has 0 N–H and O–H groups in total. The Balaban J connectivity index is 0.00000144. The third-order valence-corrected chi connectivity index (χ3v) is 1.52. The first kappa shape index (κ1) is 11.6. The van der Waals surface area contributed by atoms with Crippen molar-refractivity contribution in [3.63, 3.8) is 0 Å². The van der Waals surface area contributed by atoms with Crippen LogP contribution in [0.25, 0.3) is 0 Å². The van der Waals surface area contributed by atoms with Crippen LogP contribution >= 0.6 is 0 Å². The number of nitriles is 1. The molecule has 0 bridgehead atoms. The fourth-order valence-corrected chi connectivity index (χ4v) is 0.910. The third kappa shape index (κ3) is 3.22. The Morgan fingerprint density at radius 2 is 2.38 bits per heavy atom. The highest BCUT2D eigenvalue weighted by Crippen LogP contribution is 1.94. The molecule has 1 aromatic rings. The molecule has 0 spiro atoms. The predicted molar refractivity (Wildman–Crippen MR) is 42.3 cm³/mol. The van der Waals surface area contributed by atoms with Crippen LogP contribution in [0.15, 0.2) is 24.5 Å². The van der Waals surface area contributed by atoms with Crippen LogP contribution in [0.3, 0.4) is 0 Å². The van der Waals surface area contributed by atoms with E-state index in [1.165, 1.54) is 6.92 Å². The van der Waals surface area contributed by atoms with Crippen molar-refractivity contribution in [3.05, 3.63) is 30.1 Å². The minimum atomic E-state index is 0. The van der Waals surface area contributed by atoms with Gasteiger partial charge in [-0.25, -0.2) is 0 Å². The number of rotatable bonds is 2. The molecule has 0 aliphatic heterocycles. The van der Waals surface area contributed by atoms with Crippen molar-refractivity contribution in [3.8, 4) is 6.07 Å². The lowest BCUT2D eigenvalue weighted by Crippen LogP contribution is -3.00. The minimum Gasteiger partial charge on any atom is -1.00 e. The summed E-state index contributed by atoms with van der Waals surface area (Å²) in [7, 11) is 0. The summed E-state index contributed by atoms with van der Waals surface area (Å²) in [5.74, 6) is 0.0160. The summed E-state index contributed by atoms with van der Waals surface area (Å²) in [6, 6.07) is 5.49. The average molecular weight is 197 g/mol. The summed E-state index contributed by atoms with van der Waals surface area (Å²) in [6.45, 7) is 1.78. The summed E-state index contributed by atoms with van der Waals surface area (Å²) in [5.41, 5.74) is 0.632. The summed E-state index contributed by atoms with van der Waals surface area (Å²) in [4.78, 5) is 10.9. The number of aromatic nitrogens is 1. The van der Waals surface area contributed by atoms with Gasteiger partial charge in [-0.2, -0.15) is 9.83 Å². The molecular weight excluding hydrogens is 188 g/mol. The lowest BCUT2D eigenvalue weighted by atomic mass is 10.2. The molecule has 0 saturated heterocycles. The Hall–Kier alpha value is -1.40. The molecule has 1 rings (SSSR count). The van der Waals surface area contributed by atoms with E-state index in [9.17, 15) is 4.79 Å². The van der Waals surface area contributed by atoms with Gasteiger partial charge in [-0.05, 0) is 13.0 Å². The van der Waals surface area contributed by atoms with Gasteiger partial charge in [0.05, 0.1) is 5.56 Å². The van der Waals surface area contributed by atoms with E-state index in [0.29, 0.717) is 5.56 Å². The van der Waals surface area contributed by atoms with E-state index in [1.54, 1.807) is 29.1 Å². The Morgan fingerprint density at radius 3 is 2.92 bits per heavy atom. The lowest BCUT2D eigenvalue weighted by Gasteiger charge is -1.92. The van der Waals surface area contributed by atoms with E-state index >= 15 is 0 Å². The van der Waals surface area contributed by atoms with Gasteiger partial charge < -0.3 is 12.4 Å². The number of pyridine rings is 1. The summed E-state index contributed by atoms with van der Waals surface area (Å²) in [6.07, 6.45) is 3.43. The topological polar surface area (TPSA) is 44.7 Å². The van der Waals surface area contributed by atoms with E-state index in [1.807, 2.05) is 6.07 Å². The molecule has 0 aliphatic carbocycles. The molecule has 0 aliphatic rings. The van der Waals surface area contributed by atoms with E-state index < -0.39 is 0 Å². The van der Waals surface area contributed by atoms with Gasteiger partial charge in [0.15, 0.2) is 18.2 Å². The van der Waals surface area contributed by atoms with Crippen LogP contribution in [-0.2, 0) is 6.54 Å². The molecule has 0 unspecified atom stereocenters. The fourth-order valence-electron chi connectivity index (χ4n) is 0.910. The molecule has 0 radical (unpaired) electrons. The van der Waals surface area contributed by atoms with Gasteiger partial charge in [-0.15, -0.1) is 0 Å². The van der Waals surface area contributed by atoms with E-state index in [2.05, 4.69) is 0 Å². The van der Waals surface area contributed by atoms with Crippen molar-refractivity contribution in [2.45, 2.75) is 13.5 Å². The van der Waals surface area contributed by atoms with Gasteiger partial charge in [-0.3, -0.25) is 4.79 Å². The minimum absolute atomic E-state index is 0. The SMILES string of the molecule is CC(=O)c1ccc[n+](CC#N)c1.[Cl-]. The van der Waals surface area contributed by atoms with Gasteiger partial charge in [0, 0.05) is 6.07 Å². The number of ketones is 1. The molecule has 0 saturated carbocycles. The van der Waals surface area contributed by atoms with Crippen LogP contribution < -0.4 is 17.0 Å². The van der Waals surface area contributed by atoms with Crippen LogP contribution in [0.1, 0.15) is 17.3 Å². The number of carbonyl (C=O) groups excluding carboxylic acids is 1. The van der Waals surface area contributed by atoms with Crippen molar-refractivity contribution < 1.29 is 21.8 Å². The first-order chi connectivity index (χ1) is 5.74. The van der Waals surface area contributed by atoms with Gasteiger partial charge in [0.25, 0.3) is 0 Å². The van der Waals surface area contributed by atoms with Crippen LogP contribution in [0.4, 0.5) is 0 Å². The number of hydrogen-bond donors (Lipinski definition) is 0. The highest BCUT2D eigenvalue weighted by atomic mass is 35.5. The number of halogens is 1. The zero-order valence-electron chi connectivity index (χ0n) is 7.20. The Kier molecular flexibility index (Phi) is 4.71. The molecule has 4 heteroatoms. The average Bonchev–Trinajstić information content (AvgIpc) is 2.05. The van der Waals surface area contributed by atoms with E-state index in [4.69, 9.17) is 5.26 Å². The monoisotopic (exact) mass is 196 g/mol. The smallest absolute Gasteiger partial charge is 0.233 e. The second-order valence-electron chi connectivity index (χ2n) is 2.48. The molecule has 13 heavy (non-hydrogen) atoms. The first-order valence-electron chi connectivity index (χ1n) is 3.61. The van der Waals surface area contributed by atoms with E-state index in [-0.39, 0.29) is 24.7 Å². The van der Waals surface area contributed by atoms with Gasteiger partial charge >= 0.3 is 0 Å². The summed E-state index contributed by atoms with van der Waals surface area (Å²) in [5, 5.41) is 8.39. The predicted octanol–water partition coefficient (Wildman–Crippen LogP) is -2.30. The Bertz CT molecular complexity index is 344. The van der Waals surface area contributed by atoms with Crippen molar-refractivity contribution in [1.82, 2.24) is 0 Å². The van der Waals surface area contributed by atoms with Crippen LogP contribution in [0.2, 0.25) is 0 Å². The molecule has 1 aromatic heterocycles. The standard InChI is InChI=1S/C9H9N2O.ClH/c1-8(12)9-3-2-5-11(7-9)6-4-10;/h2-3,5,7H,6H2,1H3;1H/q+1;/p-1. The summed E-state index contributed by atoms with van der Waals surface area (Å²) >= 11 is 0. The first-order valence-corrected chi connectivity index (χ1v) is 3.61. The van der Waals surface area contributed by atoms with Gasteiger partial charge in [-0.1, -0.05) is 0 Å². The molecule has 1 heterocycles. The number of Topliss-reactive ketones (excluding diaryl/α,β-unsaturated/α-hetero) is 1. The van der Waals surface area contributed by atoms with Crippen LogP contribution in [-0.4, -0.2) is 5.78 Å². The second-order valence-corrected chi connectivity index (χ2v) is 2.48. The molecule has 3 nitrogen and oxygen atoms in total. The molecular formula is C9H9ClN2O. The molecule has 0 atom stereocenters. The molecule has 68 valence electrons. The number of carbonyl (C=O) groups is 1. The third-order valence-electron chi connectivity index (χ3n) is 1.52. The maximum atomic E-state index is 10.9. The van der Waals surface area contributed by atoms with Gasteiger partial charge in [0.2, 0.25) is 6.54 Å². The lowest BCUT2D eigenvalue weighted by molar-refractivity contribution is -0.685. The number of hydrogen-bond acceptors (Lipinski definition) is 2.